The van der Waals surface area contributed by atoms with Gasteiger partial charge in [0, 0.05) is 19.1 Å². The van der Waals surface area contributed by atoms with E-state index in [2.05, 4.69) is 5.32 Å². The van der Waals surface area contributed by atoms with Crippen molar-refractivity contribution in [1.29, 1.82) is 0 Å². The Labute approximate surface area is 160 Å². The topological polar surface area (TPSA) is 62.6 Å². The molecule has 3 rings (SSSR count). The van der Waals surface area contributed by atoms with Gasteiger partial charge in [-0.1, -0.05) is 29.8 Å². The molecule has 0 unspecified atom stereocenters. The number of furan rings is 1. The van der Waals surface area contributed by atoms with Gasteiger partial charge in [0.15, 0.2) is 0 Å². The van der Waals surface area contributed by atoms with Crippen LogP contribution in [0.2, 0.25) is 0 Å². The minimum absolute atomic E-state index is 0.0818. The third-order valence-electron chi connectivity index (χ3n) is 5.53. The van der Waals surface area contributed by atoms with Gasteiger partial charge in [0.1, 0.15) is 5.76 Å². The van der Waals surface area contributed by atoms with Crippen LogP contribution in [0.5, 0.6) is 0 Å². The summed E-state index contributed by atoms with van der Waals surface area (Å²) in [5.41, 5.74) is 2.24. The highest BCUT2D eigenvalue weighted by atomic mass is 16.3. The Kier molecular flexibility index (Phi) is 5.40. The van der Waals surface area contributed by atoms with E-state index < -0.39 is 5.41 Å². The zero-order chi connectivity index (χ0) is 19.6. The Balaban J connectivity index is 1.58. The van der Waals surface area contributed by atoms with E-state index in [0.717, 1.165) is 18.4 Å². The van der Waals surface area contributed by atoms with Crippen LogP contribution in [0.1, 0.15) is 53.9 Å². The standard InChI is InChI=1S/C22H28N2O3/c1-15-5-7-17(8-6-15)22(3,4)21(26)24-12-9-18(10-13-24)23-20(25)19-11-14-27-16(19)2/h5-8,11,14,18H,9-10,12-13H2,1-4H3,(H,23,25). The van der Waals surface area contributed by atoms with Crippen LogP contribution in [0, 0.1) is 13.8 Å². The van der Waals surface area contributed by atoms with E-state index in [9.17, 15) is 9.59 Å². The molecule has 27 heavy (non-hydrogen) atoms. The number of hydrogen-bond acceptors (Lipinski definition) is 3. The molecule has 1 fully saturated rings. The van der Waals surface area contributed by atoms with Gasteiger partial charge in [-0.3, -0.25) is 9.59 Å². The van der Waals surface area contributed by atoms with Gasteiger partial charge in [-0.15, -0.1) is 0 Å². The fourth-order valence-corrected chi connectivity index (χ4v) is 3.60. The molecule has 2 heterocycles. The molecule has 2 amide bonds. The van der Waals surface area contributed by atoms with Gasteiger partial charge >= 0.3 is 0 Å². The summed E-state index contributed by atoms with van der Waals surface area (Å²) in [4.78, 5) is 27.3. The van der Waals surface area contributed by atoms with Gasteiger partial charge in [-0.25, -0.2) is 0 Å². The minimum atomic E-state index is -0.558. The van der Waals surface area contributed by atoms with Crippen LogP contribution in [0.4, 0.5) is 0 Å². The highest BCUT2D eigenvalue weighted by Gasteiger charge is 2.35. The van der Waals surface area contributed by atoms with Crippen molar-refractivity contribution in [2.24, 2.45) is 0 Å². The van der Waals surface area contributed by atoms with Crippen molar-refractivity contribution in [3.8, 4) is 0 Å². The summed E-state index contributed by atoms with van der Waals surface area (Å²) in [5, 5.41) is 3.06. The molecular weight excluding hydrogens is 340 g/mol. The highest BCUT2D eigenvalue weighted by Crippen LogP contribution is 2.27. The Morgan fingerprint density at radius 1 is 1.07 bits per heavy atom. The molecule has 5 heteroatoms. The molecule has 0 aliphatic carbocycles. The number of rotatable bonds is 4. The van der Waals surface area contributed by atoms with Crippen LogP contribution in [0.25, 0.3) is 0 Å². The number of aryl methyl sites for hydroxylation is 2. The lowest BCUT2D eigenvalue weighted by Gasteiger charge is -2.37. The molecule has 1 aliphatic heterocycles. The van der Waals surface area contributed by atoms with Crippen LogP contribution in [-0.4, -0.2) is 35.8 Å². The average molecular weight is 368 g/mol. The molecule has 1 aromatic heterocycles. The second-order valence-corrected chi connectivity index (χ2v) is 7.92. The predicted octanol–water partition coefficient (Wildman–Crippen LogP) is 3.60. The van der Waals surface area contributed by atoms with Gasteiger partial charge < -0.3 is 14.6 Å². The van der Waals surface area contributed by atoms with Gasteiger partial charge in [0.25, 0.3) is 5.91 Å². The van der Waals surface area contributed by atoms with Crippen molar-refractivity contribution in [3.05, 3.63) is 59.0 Å². The molecule has 1 N–H and O–H groups in total. The average Bonchev–Trinajstić information content (AvgIpc) is 3.08. The van der Waals surface area contributed by atoms with Gasteiger partial charge in [-0.2, -0.15) is 0 Å². The third kappa shape index (κ3) is 4.07. The van der Waals surface area contributed by atoms with Gasteiger partial charge in [0.05, 0.1) is 17.2 Å². The molecule has 5 nitrogen and oxygen atoms in total. The lowest BCUT2D eigenvalue weighted by atomic mass is 9.82. The summed E-state index contributed by atoms with van der Waals surface area (Å²) in [6.45, 7) is 9.10. The first-order valence-corrected chi connectivity index (χ1v) is 9.50. The first-order valence-electron chi connectivity index (χ1n) is 9.50. The van der Waals surface area contributed by atoms with E-state index in [1.54, 1.807) is 13.0 Å². The number of carbonyl (C=O) groups excluding carboxylic acids is 2. The van der Waals surface area contributed by atoms with Gasteiger partial charge in [0.2, 0.25) is 5.91 Å². The molecule has 1 aromatic carbocycles. The number of nitrogens with one attached hydrogen (secondary N) is 1. The Hall–Kier alpha value is -2.56. The zero-order valence-electron chi connectivity index (χ0n) is 16.5. The Morgan fingerprint density at radius 2 is 1.70 bits per heavy atom. The fourth-order valence-electron chi connectivity index (χ4n) is 3.60. The smallest absolute Gasteiger partial charge is 0.255 e. The maximum Gasteiger partial charge on any atom is 0.255 e. The van der Waals surface area contributed by atoms with Gasteiger partial charge in [-0.05, 0) is 52.2 Å². The van der Waals surface area contributed by atoms with E-state index in [0.29, 0.717) is 24.4 Å². The highest BCUT2D eigenvalue weighted by molar-refractivity contribution is 5.95. The lowest BCUT2D eigenvalue weighted by molar-refractivity contribution is -0.137. The molecule has 0 atom stereocenters. The number of likely N-dealkylation sites (tertiary alicyclic amines) is 1. The molecule has 2 aromatic rings. The number of piperidine rings is 1. The molecule has 1 saturated heterocycles. The fraction of sp³-hybridized carbons (Fsp3) is 0.455. The summed E-state index contributed by atoms with van der Waals surface area (Å²) >= 11 is 0. The molecule has 1 aliphatic rings. The Morgan fingerprint density at radius 3 is 2.26 bits per heavy atom. The number of hydrogen-bond donors (Lipinski definition) is 1. The second-order valence-electron chi connectivity index (χ2n) is 7.92. The van der Waals surface area contributed by atoms with E-state index >= 15 is 0 Å². The number of carbonyl (C=O) groups is 2. The quantitative estimate of drug-likeness (QED) is 0.897. The van der Waals surface area contributed by atoms with Crippen molar-refractivity contribution in [1.82, 2.24) is 10.2 Å². The lowest BCUT2D eigenvalue weighted by Crippen LogP contribution is -2.51. The molecule has 144 valence electrons. The third-order valence-corrected chi connectivity index (χ3v) is 5.53. The maximum atomic E-state index is 13.1. The van der Waals surface area contributed by atoms with E-state index in [-0.39, 0.29) is 17.9 Å². The summed E-state index contributed by atoms with van der Waals surface area (Å²) in [6, 6.07) is 9.93. The predicted molar refractivity (Wildman–Crippen MR) is 105 cm³/mol. The molecule has 0 radical (unpaired) electrons. The minimum Gasteiger partial charge on any atom is -0.469 e. The van der Waals surface area contributed by atoms with E-state index in [1.807, 2.05) is 49.9 Å². The Bertz CT molecular complexity index is 812. The summed E-state index contributed by atoms with van der Waals surface area (Å²) in [5.74, 6) is 0.660. The van der Waals surface area contributed by atoms with Crippen LogP contribution < -0.4 is 5.32 Å². The SMILES string of the molecule is Cc1ccc(C(C)(C)C(=O)N2CCC(NC(=O)c3ccoc3C)CC2)cc1. The normalized spacial score (nSPS) is 15.6. The van der Waals surface area contributed by atoms with Crippen LogP contribution >= 0.6 is 0 Å². The number of nitrogens with zero attached hydrogens (tertiary/aromatic N) is 1. The van der Waals surface area contributed by atoms with Crippen LogP contribution in [-0.2, 0) is 10.2 Å². The molecule has 0 bridgehead atoms. The molecule has 0 spiro atoms. The second kappa shape index (κ2) is 7.59. The summed E-state index contributed by atoms with van der Waals surface area (Å²) < 4.78 is 5.20. The molecule has 0 saturated carbocycles. The van der Waals surface area contributed by atoms with Crippen molar-refractivity contribution >= 4 is 11.8 Å². The van der Waals surface area contributed by atoms with Crippen molar-refractivity contribution in [2.75, 3.05) is 13.1 Å². The first kappa shape index (κ1) is 19.2. The summed E-state index contributed by atoms with van der Waals surface area (Å²) in [6.07, 6.45) is 3.05. The molecular formula is C22H28N2O3. The summed E-state index contributed by atoms with van der Waals surface area (Å²) in [7, 11) is 0. The monoisotopic (exact) mass is 368 g/mol. The van der Waals surface area contributed by atoms with Crippen LogP contribution in [0.15, 0.2) is 41.0 Å². The van der Waals surface area contributed by atoms with E-state index in [1.165, 1.54) is 11.8 Å². The van der Waals surface area contributed by atoms with E-state index in [4.69, 9.17) is 4.42 Å². The first-order chi connectivity index (χ1) is 12.8. The van der Waals surface area contributed by atoms with Crippen molar-refractivity contribution in [3.63, 3.8) is 0 Å². The number of benzene rings is 1. The largest absolute Gasteiger partial charge is 0.469 e. The van der Waals surface area contributed by atoms with Crippen LogP contribution in [0.3, 0.4) is 0 Å². The zero-order valence-corrected chi connectivity index (χ0v) is 16.5. The number of amides is 2. The maximum absolute atomic E-state index is 13.1. The van der Waals surface area contributed by atoms with Crippen molar-refractivity contribution < 1.29 is 14.0 Å². The van der Waals surface area contributed by atoms with Crippen molar-refractivity contribution in [2.45, 2.75) is 52.0 Å².